The van der Waals surface area contributed by atoms with Crippen LogP contribution in [0.4, 0.5) is 13.2 Å². The lowest BCUT2D eigenvalue weighted by Crippen LogP contribution is -2.40. The van der Waals surface area contributed by atoms with E-state index in [2.05, 4.69) is 10.3 Å². The highest BCUT2D eigenvalue weighted by molar-refractivity contribution is 5.81. The quantitative estimate of drug-likeness (QED) is 0.901. The summed E-state index contributed by atoms with van der Waals surface area (Å²) in [6.07, 6.45) is -2.55. The molecule has 0 aliphatic heterocycles. The Bertz CT molecular complexity index is 734. The van der Waals surface area contributed by atoms with Crippen molar-refractivity contribution < 1.29 is 23.1 Å². The first-order valence-electron chi connectivity index (χ1n) is 7.84. The molecule has 3 rings (SSSR count). The van der Waals surface area contributed by atoms with Gasteiger partial charge in [-0.15, -0.1) is 0 Å². The van der Waals surface area contributed by atoms with Crippen LogP contribution in [0.3, 0.4) is 0 Å². The minimum atomic E-state index is -4.63. The summed E-state index contributed by atoms with van der Waals surface area (Å²) in [6.45, 7) is -0.436. The zero-order chi connectivity index (χ0) is 17.3. The van der Waals surface area contributed by atoms with Crippen LogP contribution in [0.5, 0.6) is 0 Å². The van der Waals surface area contributed by atoms with Crippen molar-refractivity contribution in [1.82, 2.24) is 14.9 Å². The Hall–Kier alpha value is -2.09. The molecule has 1 fully saturated rings. The van der Waals surface area contributed by atoms with Gasteiger partial charge >= 0.3 is 6.18 Å². The molecular weight excluding hydrogens is 323 g/mol. The lowest BCUT2D eigenvalue weighted by atomic mass is 9.93. The monoisotopic (exact) mass is 341 g/mol. The van der Waals surface area contributed by atoms with Gasteiger partial charge in [0.25, 0.3) is 0 Å². The van der Waals surface area contributed by atoms with Crippen LogP contribution in [0.15, 0.2) is 24.3 Å². The first-order chi connectivity index (χ1) is 11.3. The van der Waals surface area contributed by atoms with Gasteiger partial charge in [0.1, 0.15) is 6.54 Å². The number of amides is 1. The lowest BCUT2D eigenvalue weighted by Gasteiger charge is -2.26. The smallest absolute Gasteiger partial charge is 0.393 e. The molecule has 8 heteroatoms. The van der Waals surface area contributed by atoms with Crippen LogP contribution in [0.25, 0.3) is 11.0 Å². The fourth-order valence-corrected chi connectivity index (χ4v) is 3.09. The summed E-state index contributed by atoms with van der Waals surface area (Å²) >= 11 is 0. The number of para-hydroxylation sites is 2. The molecular formula is C16H18F3N3O2. The minimum Gasteiger partial charge on any atom is -0.393 e. The van der Waals surface area contributed by atoms with Crippen LogP contribution < -0.4 is 5.32 Å². The minimum absolute atomic E-state index is 0.106. The van der Waals surface area contributed by atoms with Crippen LogP contribution in [0.2, 0.25) is 0 Å². The molecule has 130 valence electrons. The van der Waals surface area contributed by atoms with Crippen LogP contribution in [-0.2, 0) is 17.5 Å². The van der Waals surface area contributed by atoms with Gasteiger partial charge in [-0.3, -0.25) is 4.79 Å². The third kappa shape index (κ3) is 3.53. The number of imidazole rings is 1. The van der Waals surface area contributed by atoms with Crippen LogP contribution in [0, 0.1) is 0 Å². The van der Waals surface area contributed by atoms with E-state index in [0.717, 1.165) is 4.57 Å². The molecule has 1 heterocycles. The predicted molar refractivity (Wildman–Crippen MR) is 81.1 cm³/mol. The second-order valence-corrected chi connectivity index (χ2v) is 6.08. The summed E-state index contributed by atoms with van der Waals surface area (Å²) in [6, 6.07) is 6.11. The Morgan fingerprint density at radius 3 is 2.58 bits per heavy atom. The number of hydrogen-bond acceptors (Lipinski definition) is 3. The average Bonchev–Trinajstić information content (AvgIpc) is 2.89. The largest absolute Gasteiger partial charge is 0.449 e. The molecule has 2 N–H and O–H groups in total. The molecule has 0 atom stereocenters. The number of carbonyl (C=O) groups is 1. The van der Waals surface area contributed by atoms with Gasteiger partial charge in [-0.2, -0.15) is 13.2 Å². The number of nitrogens with zero attached hydrogens (tertiary/aromatic N) is 2. The van der Waals surface area contributed by atoms with Gasteiger partial charge in [-0.05, 0) is 37.8 Å². The average molecular weight is 341 g/mol. The number of nitrogens with one attached hydrogen (secondary N) is 1. The lowest BCUT2D eigenvalue weighted by molar-refractivity contribution is -0.147. The normalized spacial score (nSPS) is 21.8. The molecule has 1 aliphatic rings. The van der Waals surface area contributed by atoms with Crippen molar-refractivity contribution in [2.75, 3.05) is 0 Å². The fourth-order valence-electron chi connectivity index (χ4n) is 3.09. The molecule has 0 radical (unpaired) electrons. The van der Waals surface area contributed by atoms with E-state index in [1.807, 2.05) is 0 Å². The Morgan fingerprint density at radius 1 is 1.25 bits per heavy atom. The fraction of sp³-hybridized carbons (Fsp3) is 0.500. The number of halogens is 3. The van der Waals surface area contributed by atoms with E-state index in [1.54, 1.807) is 12.1 Å². The van der Waals surface area contributed by atoms with E-state index >= 15 is 0 Å². The third-order valence-corrected chi connectivity index (χ3v) is 4.27. The Labute approximate surface area is 136 Å². The second kappa shape index (κ2) is 6.43. The number of rotatable bonds is 3. The van der Waals surface area contributed by atoms with Crippen molar-refractivity contribution in [2.24, 2.45) is 0 Å². The summed E-state index contributed by atoms with van der Waals surface area (Å²) in [5.74, 6) is -1.55. The molecule has 1 saturated carbocycles. The zero-order valence-electron chi connectivity index (χ0n) is 12.9. The number of aromatic nitrogens is 2. The van der Waals surface area contributed by atoms with E-state index in [9.17, 15) is 23.1 Å². The highest BCUT2D eigenvalue weighted by Gasteiger charge is 2.38. The number of alkyl halides is 3. The highest BCUT2D eigenvalue weighted by atomic mass is 19.4. The van der Waals surface area contributed by atoms with E-state index in [-0.39, 0.29) is 23.2 Å². The van der Waals surface area contributed by atoms with E-state index < -0.39 is 24.5 Å². The summed E-state index contributed by atoms with van der Waals surface area (Å²) in [4.78, 5) is 15.8. The van der Waals surface area contributed by atoms with Crippen molar-refractivity contribution >= 4 is 16.9 Å². The van der Waals surface area contributed by atoms with E-state index in [1.165, 1.54) is 12.1 Å². The number of benzene rings is 1. The molecule has 0 unspecified atom stereocenters. The maximum Gasteiger partial charge on any atom is 0.449 e. The van der Waals surface area contributed by atoms with Crippen molar-refractivity contribution in [3.05, 3.63) is 30.1 Å². The molecule has 1 aromatic heterocycles. The highest BCUT2D eigenvalue weighted by Crippen LogP contribution is 2.31. The summed E-state index contributed by atoms with van der Waals surface area (Å²) < 4.78 is 40.5. The van der Waals surface area contributed by atoms with Gasteiger partial charge in [0.05, 0.1) is 17.1 Å². The summed E-state index contributed by atoms with van der Waals surface area (Å²) in [5.41, 5.74) is 0.484. The SMILES string of the molecule is O=C(Cn1c(C(F)(F)F)nc2ccccc21)NC1CCC(O)CC1. The molecule has 1 amide bonds. The Kier molecular flexibility index (Phi) is 4.49. The molecule has 0 bridgehead atoms. The van der Waals surface area contributed by atoms with Gasteiger partial charge in [-0.1, -0.05) is 12.1 Å². The molecule has 1 aromatic carbocycles. The Balaban J connectivity index is 1.80. The third-order valence-electron chi connectivity index (χ3n) is 4.27. The first-order valence-corrected chi connectivity index (χ1v) is 7.84. The second-order valence-electron chi connectivity index (χ2n) is 6.08. The van der Waals surface area contributed by atoms with Gasteiger partial charge in [-0.25, -0.2) is 4.98 Å². The first kappa shape index (κ1) is 16.8. The van der Waals surface area contributed by atoms with Crippen LogP contribution >= 0.6 is 0 Å². The number of aliphatic hydroxyl groups excluding tert-OH is 1. The number of fused-ring (bicyclic) bond motifs is 1. The maximum absolute atomic E-state index is 13.2. The predicted octanol–water partition coefficient (Wildman–Crippen LogP) is 2.47. The van der Waals surface area contributed by atoms with Gasteiger partial charge in [0, 0.05) is 6.04 Å². The molecule has 5 nitrogen and oxygen atoms in total. The molecule has 24 heavy (non-hydrogen) atoms. The topological polar surface area (TPSA) is 67.2 Å². The zero-order valence-corrected chi connectivity index (χ0v) is 12.9. The number of carbonyl (C=O) groups excluding carboxylic acids is 1. The number of hydrogen-bond donors (Lipinski definition) is 2. The molecule has 0 spiro atoms. The molecule has 0 saturated heterocycles. The van der Waals surface area contributed by atoms with Crippen molar-refractivity contribution in [3.63, 3.8) is 0 Å². The summed E-state index contributed by atoms with van der Waals surface area (Å²) in [7, 11) is 0. The number of aliphatic hydroxyl groups is 1. The van der Waals surface area contributed by atoms with Crippen molar-refractivity contribution in [1.29, 1.82) is 0 Å². The van der Waals surface area contributed by atoms with Crippen LogP contribution in [-0.4, -0.2) is 32.7 Å². The van der Waals surface area contributed by atoms with Gasteiger partial charge < -0.3 is 15.0 Å². The van der Waals surface area contributed by atoms with E-state index in [4.69, 9.17) is 0 Å². The molecule has 2 aromatic rings. The van der Waals surface area contributed by atoms with Crippen molar-refractivity contribution in [3.8, 4) is 0 Å². The maximum atomic E-state index is 13.2. The van der Waals surface area contributed by atoms with Crippen molar-refractivity contribution in [2.45, 2.75) is 50.6 Å². The van der Waals surface area contributed by atoms with Crippen LogP contribution in [0.1, 0.15) is 31.5 Å². The Morgan fingerprint density at radius 2 is 1.92 bits per heavy atom. The van der Waals surface area contributed by atoms with E-state index in [0.29, 0.717) is 25.7 Å². The molecule has 1 aliphatic carbocycles. The van der Waals surface area contributed by atoms with Gasteiger partial charge in [0.2, 0.25) is 11.7 Å². The standard InChI is InChI=1S/C16H18F3N3O2/c17-16(18,19)15-21-12-3-1-2-4-13(12)22(15)9-14(24)20-10-5-7-11(23)8-6-10/h1-4,10-11,23H,5-9H2,(H,20,24). The van der Waals surface area contributed by atoms with Gasteiger partial charge in [0.15, 0.2) is 0 Å². The summed E-state index contributed by atoms with van der Waals surface area (Å²) in [5, 5.41) is 12.2.